The maximum atomic E-state index is 13.6. The van der Waals surface area contributed by atoms with Crippen molar-refractivity contribution in [2.75, 3.05) is 7.11 Å². The van der Waals surface area contributed by atoms with Crippen LogP contribution in [0.3, 0.4) is 0 Å². The quantitative estimate of drug-likeness (QED) is 0.186. The predicted molar refractivity (Wildman–Crippen MR) is 162 cm³/mol. The van der Waals surface area contributed by atoms with Gasteiger partial charge in [0.1, 0.15) is 18.1 Å². The van der Waals surface area contributed by atoms with E-state index < -0.39 is 0 Å². The Morgan fingerprint density at radius 1 is 1.00 bits per heavy atom. The van der Waals surface area contributed by atoms with Crippen molar-refractivity contribution < 1.29 is 9.47 Å². The van der Waals surface area contributed by atoms with E-state index in [-0.39, 0.29) is 11.5 Å². The summed E-state index contributed by atoms with van der Waals surface area (Å²) in [5, 5.41) is 5.82. The number of ether oxygens (including phenoxy) is 2. The minimum Gasteiger partial charge on any atom is -0.496 e. The van der Waals surface area contributed by atoms with Crippen LogP contribution in [-0.4, -0.2) is 23.0 Å². The molecule has 0 aliphatic heterocycles. The highest BCUT2D eigenvalue weighted by Gasteiger charge is 2.18. The predicted octanol–water partition coefficient (Wildman–Crippen LogP) is 7.62. The number of aryl methyl sites for hydroxylation is 1. The van der Waals surface area contributed by atoms with Crippen molar-refractivity contribution in [2.45, 2.75) is 33.3 Å². The Balaban J connectivity index is 1.50. The van der Waals surface area contributed by atoms with Gasteiger partial charge in [-0.05, 0) is 95.8 Å². The van der Waals surface area contributed by atoms with Crippen molar-refractivity contribution in [1.29, 1.82) is 0 Å². The SMILES string of the molecule is COc1cc(C)c(-c2nc3ccccc3c(=O)n2N=Cc2ccc(OCc3ccc(Cl)cc3)cc2)cc1C(C)C. The van der Waals surface area contributed by atoms with Gasteiger partial charge in [0.15, 0.2) is 5.82 Å². The molecule has 0 fully saturated rings. The fourth-order valence-electron chi connectivity index (χ4n) is 4.49. The van der Waals surface area contributed by atoms with E-state index in [0.29, 0.717) is 28.4 Å². The molecule has 0 amide bonds. The summed E-state index contributed by atoms with van der Waals surface area (Å²) in [7, 11) is 1.67. The standard InChI is InChI=1S/C33H30ClN3O3/c1-21(2)28-18-29(22(3)17-31(28)39-4)32-36-30-8-6-5-7-27(30)33(38)37(32)35-19-23-11-15-26(16-12-23)40-20-24-9-13-25(34)14-10-24/h5-19,21H,20H2,1-4H3. The smallest absolute Gasteiger partial charge is 0.282 e. The number of para-hydroxylation sites is 1. The van der Waals surface area contributed by atoms with E-state index in [4.69, 9.17) is 26.1 Å². The summed E-state index contributed by atoms with van der Waals surface area (Å²) in [4.78, 5) is 18.5. The molecule has 0 unspecified atom stereocenters. The van der Waals surface area contributed by atoms with Gasteiger partial charge in [0.2, 0.25) is 0 Å². The second-order valence-electron chi connectivity index (χ2n) is 9.86. The van der Waals surface area contributed by atoms with Gasteiger partial charge < -0.3 is 9.47 Å². The van der Waals surface area contributed by atoms with Crippen LogP contribution in [0.1, 0.15) is 42.0 Å². The summed E-state index contributed by atoms with van der Waals surface area (Å²) in [6.45, 7) is 6.64. The van der Waals surface area contributed by atoms with Crippen molar-refractivity contribution in [3.63, 3.8) is 0 Å². The molecule has 1 aromatic heterocycles. The van der Waals surface area contributed by atoms with Gasteiger partial charge in [-0.25, -0.2) is 4.98 Å². The highest BCUT2D eigenvalue weighted by molar-refractivity contribution is 6.30. The Labute approximate surface area is 238 Å². The van der Waals surface area contributed by atoms with E-state index in [0.717, 1.165) is 39.3 Å². The molecular formula is C33H30ClN3O3. The third-order valence-electron chi connectivity index (χ3n) is 6.71. The first-order chi connectivity index (χ1) is 19.3. The summed E-state index contributed by atoms with van der Waals surface area (Å²) < 4.78 is 12.9. The van der Waals surface area contributed by atoms with Crippen LogP contribution in [0.4, 0.5) is 0 Å². The van der Waals surface area contributed by atoms with Gasteiger partial charge in [-0.3, -0.25) is 4.79 Å². The second kappa shape index (κ2) is 11.8. The topological polar surface area (TPSA) is 65.7 Å². The molecule has 5 aromatic rings. The van der Waals surface area contributed by atoms with Crippen molar-refractivity contribution in [3.8, 4) is 22.9 Å². The number of aromatic nitrogens is 2. The lowest BCUT2D eigenvalue weighted by molar-refractivity contribution is 0.306. The molecule has 0 bridgehead atoms. The molecule has 5 rings (SSSR count). The van der Waals surface area contributed by atoms with Crippen LogP contribution in [0.2, 0.25) is 5.02 Å². The maximum Gasteiger partial charge on any atom is 0.282 e. The van der Waals surface area contributed by atoms with Crippen LogP contribution in [-0.2, 0) is 6.61 Å². The minimum absolute atomic E-state index is 0.221. The highest BCUT2D eigenvalue weighted by atomic mass is 35.5. The number of hydrogen-bond donors (Lipinski definition) is 0. The van der Waals surface area contributed by atoms with Crippen LogP contribution >= 0.6 is 11.6 Å². The molecule has 0 radical (unpaired) electrons. The van der Waals surface area contributed by atoms with Gasteiger partial charge in [0.05, 0.1) is 24.2 Å². The van der Waals surface area contributed by atoms with Crippen molar-refractivity contribution in [3.05, 3.63) is 123 Å². The molecule has 0 spiro atoms. The molecule has 1 heterocycles. The van der Waals surface area contributed by atoms with Gasteiger partial charge >= 0.3 is 0 Å². The van der Waals surface area contributed by atoms with E-state index in [1.165, 1.54) is 4.68 Å². The average Bonchev–Trinajstić information content (AvgIpc) is 2.96. The third-order valence-corrected chi connectivity index (χ3v) is 6.97. The first kappa shape index (κ1) is 27.2. The lowest BCUT2D eigenvalue weighted by Gasteiger charge is -2.17. The van der Waals surface area contributed by atoms with Gasteiger partial charge in [-0.1, -0.05) is 49.7 Å². The summed E-state index contributed by atoms with van der Waals surface area (Å²) >= 11 is 5.96. The molecular weight excluding hydrogens is 522 g/mol. The Morgan fingerprint density at radius 3 is 2.42 bits per heavy atom. The van der Waals surface area contributed by atoms with Gasteiger partial charge in [-0.15, -0.1) is 0 Å². The zero-order chi connectivity index (χ0) is 28.2. The van der Waals surface area contributed by atoms with Gasteiger partial charge in [0.25, 0.3) is 5.56 Å². The number of hydrogen-bond acceptors (Lipinski definition) is 5. The Bertz CT molecular complexity index is 1740. The molecule has 0 saturated carbocycles. The molecule has 6 nitrogen and oxygen atoms in total. The minimum atomic E-state index is -0.235. The lowest BCUT2D eigenvalue weighted by atomic mass is 9.96. The molecule has 40 heavy (non-hydrogen) atoms. The first-order valence-electron chi connectivity index (χ1n) is 13.1. The summed E-state index contributed by atoms with van der Waals surface area (Å²) in [6, 6.07) is 26.5. The summed E-state index contributed by atoms with van der Waals surface area (Å²) in [5.41, 5.74) is 5.04. The van der Waals surface area contributed by atoms with Crippen molar-refractivity contribution in [1.82, 2.24) is 9.66 Å². The highest BCUT2D eigenvalue weighted by Crippen LogP contribution is 2.34. The molecule has 0 aliphatic rings. The number of rotatable bonds is 8. The monoisotopic (exact) mass is 551 g/mol. The van der Waals surface area contributed by atoms with E-state index in [1.54, 1.807) is 19.4 Å². The number of halogens is 1. The number of methoxy groups -OCH3 is 1. The van der Waals surface area contributed by atoms with Crippen LogP contribution in [0.25, 0.3) is 22.3 Å². The summed E-state index contributed by atoms with van der Waals surface area (Å²) in [5.74, 6) is 2.24. The zero-order valence-corrected chi connectivity index (χ0v) is 23.6. The van der Waals surface area contributed by atoms with Crippen molar-refractivity contribution in [2.24, 2.45) is 5.10 Å². The first-order valence-corrected chi connectivity index (χ1v) is 13.4. The molecule has 0 aliphatic carbocycles. The second-order valence-corrected chi connectivity index (χ2v) is 10.3. The molecule has 7 heteroatoms. The van der Waals surface area contributed by atoms with Crippen LogP contribution in [0.5, 0.6) is 11.5 Å². The molecule has 4 aromatic carbocycles. The zero-order valence-electron chi connectivity index (χ0n) is 22.9. The van der Waals surface area contributed by atoms with E-state index in [2.05, 4.69) is 18.9 Å². The normalized spacial score (nSPS) is 11.4. The largest absolute Gasteiger partial charge is 0.496 e. The fraction of sp³-hybridized carbons (Fsp3) is 0.182. The summed E-state index contributed by atoms with van der Waals surface area (Å²) in [6.07, 6.45) is 1.66. The van der Waals surface area contributed by atoms with Gasteiger partial charge in [-0.2, -0.15) is 9.78 Å². The van der Waals surface area contributed by atoms with E-state index >= 15 is 0 Å². The van der Waals surface area contributed by atoms with Crippen LogP contribution in [0, 0.1) is 6.92 Å². The Kier molecular flexibility index (Phi) is 7.99. The third kappa shape index (κ3) is 5.77. The fourth-order valence-corrected chi connectivity index (χ4v) is 4.62. The maximum absolute atomic E-state index is 13.6. The van der Waals surface area contributed by atoms with Crippen LogP contribution < -0.4 is 15.0 Å². The van der Waals surface area contributed by atoms with E-state index in [9.17, 15) is 4.79 Å². The van der Waals surface area contributed by atoms with Crippen LogP contribution in [0.15, 0.2) is 94.8 Å². The number of fused-ring (bicyclic) bond motifs is 1. The van der Waals surface area contributed by atoms with Crippen molar-refractivity contribution >= 4 is 28.7 Å². The molecule has 0 atom stereocenters. The van der Waals surface area contributed by atoms with E-state index in [1.807, 2.05) is 85.8 Å². The molecule has 0 saturated heterocycles. The number of nitrogens with zero attached hydrogens (tertiary/aromatic N) is 3. The molecule has 202 valence electrons. The molecule has 0 N–H and O–H groups in total. The lowest BCUT2D eigenvalue weighted by Crippen LogP contribution is -2.20. The Hall–Kier alpha value is -4.42. The Morgan fingerprint density at radius 2 is 1.73 bits per heavy atom. The average molecular weight is 552 g/mol. The van der Waals surface area contributed by atoms with Gasteiger partial charge in [0, 0.05) is 10.6 Å². The number of benzene rings is 4.